The minimum atomic E-state index is -0.0918. The number of carbonyl (C=O) groups is 1. The third-order valence-corrected chi connectivity index (χ3v) is 7.23. The number of rotatable bonds is 9. The first-order valence-corrected chi connectivity index (χ1v) is 12.5. The fourth-order valence-electron chi connectivity index (χ4n) is 3.84. The second-order valence-corrected chi connectivity index (χ2v) is 9.55. The Morgan fingerprint density at radius 3 is 2.75 bits per heavy atom. The highest BCUT2D eigenvalue weighted by Gasteiger charge is 2.27. The molecule has 1 aliphatic rings. The van der Waals surface area contributed by atoms with E-state index in [1.165, 1.54) is 11.3 Å². The van der Waals surface area contributed by atoms with Crippen molar-refractivity contribution < 1.29 is 14.3 Å². The Labute approximate surface area is 198 Å². The summed E-state index contributed by atoms with van der Waals surface area (Å²) in [6.45, 7) is 6.08. The van der Waals surface area contributed by atoms with Gasteiger partial charge in [-0.2, -0.15) is 0 Å². The van der Waals surface area contributed by atoms with E-state index in [2.05, 4.69) is 6.92 Å². The van der Waals surface area contributed by atoms with E-state index >= 15 is 0 Å². The van der Waals surface area contributed by atoms with Gasteiger partial charge in [0.15, 0.2) is 5.13 Å². The summed E-state index contributed by atoms with van der Waals surface area (Å²) in [5.74, 6) is 0.691. The van der Waals surface area contributed by atoms with Crippen LogP contribution in [0.25, 0.3) is 10.2 Å². The number of hydrogen-bond acceptors (Lipinski definition) is 5. The number of ether oxygens (including phenoxy) is 2. The molecule has 1 aromatic heterocycles. The summed E-state index contributed by atoms with van der Waals surface area (Å²) < 4.78 is 12.5. The van der Waals surface area contributed by atoms with Crippen molar-refractivity contribution in [1.82, 2.24) is 4.98 Å². The van der Waals surface area contributed by atoms with Crippen LogP contribution in [0.2, 0.25) is 5.02 Å². The number of halogens is 1. The van der Waals surface area contributed by atoms with Crippen LogP contribution in [0.1, 0.15) is 54.9 Å². The van der Waals surface area contributed by atoms with E-state index in [0.29, 0.717) is 28.9 Å². The number of carbonyl (C=O) groups excluding carboxylic acids is 1. The lowest BCUT2D eigenvalue weighted by atomic mass is 10.1. The Hall–Kier alpha value is -2.15. The monoisotopic (exact) mass is 472 g/mol. The number of aromatic nitrogens is 1. The van der Waals surface area contributed by atoms with Gasteiger partial charge in [0.25, 0.3) is 5.91 Å². The van der Waals surface area contributed by atoms with Gasteiger partial charge in [0.2, 0.25) is 0 Å². The van der Waals surface area contributed by atoms with Crippen molar-refractivity contribution in [2.75, 3.05) is 24.7 Å². The molecule has 1 amide bonds. The summed E-state index contributed by atoms with van der Waals surface area (Å²) in [7, 11) is 0. The molecule has 2 aromatic carbocycles. The summed E-state index contributed by atoms with van der Waals surface area (Å²) in [4.78, 5) is 20.1. The maximum atomic E-state index is 13.6. The third-order valence-electron chi connectivity index (χ3n) is 5.69. The van der Waals surface area contributed by atoms with Crippen LogP contribution in [0.15, 0.2) is 36.4 Å². The van der Waals surface area contributed by atoms with Crippen molar-refractivity contribution in [1.29, 1.82) is 0 Å². The van der Waals surface area contributed by atoms with Gasteiger partial charge in [0.1, 0.15) is 5.75 Å². The first-order chi connectivity index (χ1) is 15.6. The van der Waals surface area contributed by atoms with Crippen LogP contribution in [0.3, 0.4) is 0 Å². The summed E-state index contributed by atoms with van der Waals surface area (Å²) in [6, 6.07) is 11.2. The summed E-state index contributed by atoms with van der Waals surface area (Å²) in [6.07, 6.45) is 5.32. The molecule has 0 N–H and O–H groups in total. The van der Waals surface area contributed by atoms with Crippen LogP contribution in [0, 0.1) is 6.92 Å². The molecule has 32 heavy (non-hydrogen) atoms. The molecule has 4 rings (SSSR count). The molecule has 0 saturated carbocycles. The fraction of sp³-hybridized carbons (Fsp3) is 0.440. The molecule has 0 radical (unpaired) electrons. The zero-order valence-electron chi connectivity index (χ0n) is 18.6. The zero-order valence-corrected chi connectivity index (χ0v) is 20.2. The van der Waals surface area contributed by atoms with Crippen LogP contribution in [-0.4, -0.2) is 36.8 Å². The Balaban J connectivity index is 1.58. The van der Waals surface area contributed by atoms with Crippen molar-refractivity contribution in [2.24, 2.45) is 0 Å². The van der Waals surface area contributed by atoms with Crippen molar-refractivity contribution >= 4 is 44.2 Å². The van der Waals surface area contributed by atoms with Crippen LogP contribution in [-0.2, 0) is 4.74 Å². The lowest BCUT2D eigenvalue weighted by Crippen LogP contribution is -2.37. The SMILES string of the molecule is CCCCCOc1ccc(C(=O)N(CC2CCCO2)c2nc3c(C)ccc(Cl)c3s2)cc1. The summed E-state index contributed by atoms with van der Waals surface area (Å²) in [5, 5.41) is 1.31. The second kappa shape index (κ2) is 10.6. The first kappa shape index (κ1) is 23.0. The van der Waals surface area contributed by atoms with Crippen LogP contribution >= 0.6 is 22.9 Å². The number of aryl methyl sites for hydroxylation is 1. The maximum absolute atomic E-state index is 13.6. The highest BCUT2D eigenvalue weighted by atomic mass is 35.5. The second-order valence-electron chi connectivity index (χ2n) is 8.17. The molecule has 3 aromatic rings. The molecule has 1 unspecified atom stereocenters. The molecule has 1 fully saturated rings. The van der Waals surface area contributed by atoms with Gasteiger partial charge < -0.3 is 9.47 Å². The molecule has 170 valence electrons. The standard InChI is InChI=1S/C25H29ClN2O3S/c1-3-4-5-14-30-19-11-9-18(10-12-19)24(29)28(16-20-7-6-15-31-20)25-27-22-17(2)8-13-21(26)23(22)32-25/h8-13,20H,3-7,14-16H2,1-2H3. The van der Waals surface area contributed by atoms with Crippen LogP contribution < -0.4 is 9.64 Å². The predicted octanol–water partition coefficient (Wildman–Crippen LogP) is 6.65. The Kier molecular flexibility index (Phi) is 7.66. The van der Waals surface area contributed by atoms with Crippen LogP contribution in [0.5, 0.6) is 5.75 Å². The topological polar surface area (TPSA) is 51.7 Å². The smallest absolute Gasteiger partial charge is 0.260 e. The molecule has 0 spiro atoms. The quantitative estimate of drug-likeness (QED) is 0.327. The average Bonchev–Trinajstić information content (AvgIpc) is 3.48. The van der Waals surface area contributed by atoms with Gasteiger partial charge in [-0.25, -0.2) is 4.98 Å². The van der Waals surface area contributed by atoms with E-state index in [1.54, 1.807) is 4.90 Å². The first-order valence-electron chi connectivity index (χ1n) is 11.3. The summed E-state index contributed by atoms with van der Waals surface area (Å²) >= 11 is 7.87. The fourth-order valence-corrected chi connectivity index (χ4v) is 5.16. The van der Waals surface area contributed by atoms with E-state index in [0.717, 1.165) is 60.2 Å². The number of unbranched alkanes of at least 4 members (excludes halogenated alkanes) is 2. The minimum absolute atomic E-state index is 0.0173. The lowest BCUT2D eigenvalue weighted by molar-refractivity contribution is 0.0917. The van der Waals surface area contributed by atoms with Gasteiger partial charge in [0.05, 0.1) is 34.5 Å². The Bertz CT molecular complexity index is 1020. The van der Waals surface area contributed by atoms with Gasteiger partial charge in [-0.3, -0.25) is 9.69 Å². The van der Waals surface area contributed by atoms with Gasteiger partial charge in [-0.1, -0.05) is 48.8 Å². The highest BCUT2D eigenvalue weighted by molar-refractivity contribution is 7.23. The van der Waals surface area contributed by atoms with Crippen molar-refractivity contribution in [3.8, 4) is 5.75 Å². The van der Waals surface area contributed by atoms with Crippen molar-refractivity contribution in [3.05, 3.63) is 52.5 Å². The number of nitrogens with zero attached hydrogens (tertiary/aromatic N) is 2. The van der Waals surface area contributed by atoms with E-state index in [9.17, 15) is 4.79 Å². The molecule has 1 atom stereocenters. The van der Waals surface area contributed by atoms with E-state index in [1.807, 2.05) is 43.3 Å². The Morgan fingerprint density at radius 1 is 1.25 bits per heavy atom. The van der Waals surface area contributed by atoms with Gasteiger partial charge in [-0.15, -0.1) is 0 Å². The number of hydrogen-bond donors (Lipinski definition) is 0. The number of fused-ring (bicyclic) bond motifs is 1. The lowest BCUT2D eigenvalue weighted by Gasteiger charge is -2.23. The normalized spacial score (nSPS) is 15.9. The van der Waals surface area contributed by atoms with E-state index in [4.69, 9.17) is 26.1 Å². The molecular formula is C25H29ClN2O3S. The van der Waals surface area contributed by atoms with Crippen molar-refractivity contribution in [3.63, 3.8) is 0 Å². The van der Waals surface area contributed by atoms with Crippen LogP contribution in [0.4, 0.5) is 5.13 Å². The molecule has 7 heteroatoms. The molecule has 2 heterocycles. The number of thiazole rings is 1. The van der Waals surface area contributed by atoms with Crippen molar-refractivity contribution in [2.45, 2.75) is 52.1 Å². The predicted molar refractivity (Wildman–Crippen MR) is 131 cm³/mol. The molecule has 0 bridgehead atoms. The van der Waals surface area contributed by atoms with Gasteiger partial charge in [0, 0.05) is 12.2 Å². The van der Waals surface area contributed by atoms with Gasteiger partial charge in [-0.05, 0) is 62.1 Å². The molecule has 0 aliphatic carbocycles. The number of benzene rings is 2. The van der Waals surface area contributed by atoms with E-state index < -0.39 is 0 Å². The molecule has 1 aliphatic heterocycles. The van der Waals surface area contributed by atoms with Gasteiger partial charge >= 0.3 is 0 Å². The maximum Gasteiger partial charge on any atom is 0.260 e. The number of amides is 1. The third kappa shape index (κ3) is 5.25. The minimum Gasteiger partial charge on any atom is -0.494 e. The Morgan fingerprint density at radius 2 is 2.06 bits per heavy atom. The largest absolute Gasteiger partial charge is 0.494 e. The average molecular weight is 473 g/mol. The molecular weight excluding hydrogens is 444 g/mol. The summed E-state index contributed by atoms with van der Waals surface area (Å²) in [5.41, 5.74) is 2.49. The number of anilines is 1. The highest BCUT2D eigenvalue weighted by Crippen LogP contribution is 2.36. The molecule has 1 saturated heterocycles. The van der Waals surface area contributed by atoms with E-state index in [-0.39, 0.29) is 12.0 Å². The zero-order chi connectivity index (χ0) is 22.5. The molecule has 5 nitrogen and oxygen atoms in total.